The first-order chi connectivity index (χ1) is 11.0. The molecule has 2 heterocycles. The third-order valence-electron chi connectivity index (χ3n) is 4.15. The van der Waals surface area contributed by atoms with E-state index >= 15 is 0 Å². The molecule has 0 spiro atoms. The van der Waals surface area contributed by atoms with Crippen molar-refractivity contribution in [2.75, 3.05) is 6.54 Å². The topological polar surface area (TPSA) is 16.1 Å². The van der Waals surface area contributed by atoms with Crippen molar-refractivity contribution in [3.8, 4) is 0 Å². The van der Waals surface area contributed by atoms with E-state index in [1.807, 2.05) is 11.8 Å². The highest BCUT2D eigenvalue weighted by Crippen LogP contribution is 2.35. The van der Waals surface area contributed by atoms with Crippen molar-refractivity contribution in [1.29, 1.82) is 0 Å². The van der Waals surface area contributed by atoms with Gasteiger partial charge in [-0.05, 0) is 36.6 Å². The molecule has 1 aromatic heterocycles. The van der Waals surface area contributed by atoms with Gasteiger partial charge in [0.05, 0.1) is 5.03 Å². The van der Waals surface area contributed by atoms with E-state index in [1.165, 1.54) is 30.5 Å². The van der Waals surface area contributed by atoms with Crippen LogP contribution in [0.5, 0.6) is 0 Å². The van der Waals surface area contributed by atoms with E-state index in [-0.39, 0.29) is 4.75 Å². The minimum atomic E-state index is 0.210. The predicted molar refractivity (Wildman–Crippen MR) is 98.7 cm³/mol. The molecule has 2 nitrogen and oxygen atoms in total. The molecular weight excluding hydrogens is 300 g/mol. The molecule has 3 rings (SSSR count). The van der Waals surface area contributed by atoms with Gasteiger partial charge in [0.2, 0.25) is 0 Å². The molecule has 0 saturated carbocycles. The summed E-state index contributed by atoms with van der Waals surface area (Å²) in [5.74, 6) is 0. The summed E-state index contributed by atoms with van der Waals surface area (Å²) >= 11 is 1.83. The van der Waals surface area contributed by atoms with E-state index in [9.17, 15) is 0 Å². The van der Waals surface area contributed by atoms with E-state index in [1.54, 1.807) is 0 Å². The standard InChI is InChI=1S/C20H26N2S/c1-20(2,3)23-19-12-11-17(14-21-19)18-10-7-13-22(18)15-16-8-5-4-6-9-16/h4-6,8-9,11-12,14,18H,7,10,13,15H2,1-3H3/t18-/m0/s1. The summed E-state index contributed by atoms with van der Waals surface area (Å²) in [6, 6.07) is 15.7. The lowest BCUT2D eigenvalue weighted by molar-refractivity contribution is 0.248. The molecule has 2 aromatic rings. The molecule has 122 valence electrons. The van der Waals surface area contributed by atoms with E-state index in [2.05, 4.69) is 79.3 Å². The lowest BCUT2D eigenvalue weighted by Gasteiger charge is -2.25. The zero-order valence-electron chi connectivity index (χ0n) is 14.3. The number of likely N-dealkylation sites (tertiary alicyclic amines) is 1. The van der Waals surface area contributed by atoms with Gasteiger partial charge in [-0.3, -0.25) is 4.90 Å². The number of aromatic nitrogens is 1. The van der Waals surface area contributed by atoms with Gasteiger partial charge < -0.3 is 0 Å². The summed E-state index contributed by atoms with van der Waals surface area (Å²) < 4.78 is 0.210. The van der Waals surface area contributed by atoms with Crippen LogP contribution in [0, 0.1) is 0 Å². The average molecular weight is 327 g/mol. The molecule has 0 radical (unpaired) electrons. The molecule has 1 saturated heterocycles. The Morgan fingerprint density at radius 3 is 2.57 bits per heavy atom. The van der Waals surface area contributed by atoms with Crippen molar-refractivity contribution in [3.63, 3.8) is 0 Å². The Bertz CT molecular complexity index is 616. The number of nitrogens with zero attached hydrogens (tertiary/aromatic N) is 2. The highest BCUT2D eigenvalue weighted by Gasteiger charge is 2.26. The molecule has 0 aliphatic carbocycles. The SMILES string of the molecule is CC(C)(C)Sc1ccc([C@@H]2CCCN2Cc2ccccc2)cn1. The van der Waals surface area contributed by atoms with Gasteiger partial charge in [0.15, 0.2) is 0 Å². The van der Waals surface area contributed by atoms with Gasteiger partial charge >= 0.3 is 0 Å². The molecule has 1 aliphatic heterocycles. The molecular formula is C20H26N2S. The van der Waals surface area contributed by atoms with Gasteiger partial charge in [0, 0.05) is 23.5 Å². The second kappa shape index (κ2) is 7.06. The number of thioether (sulfide) groups is 1. The maximum atomic E-state index is 4.69. The summed E-state index contributed by atoms with van der Waals surface area (Å²) in [5.41, 5.74) is 2.75. The van der Waals surface area contributed by atoms with Gasteiger partial charge in [0.25, 0.3) is 0 Å². The molecule has 1 atom stereocenters. The predicted octanol–water partition coefficient (Wildman–Crippen LogP) is 5.31. The minimum absolute atomic E-state index is 0.210. The van der Waals surface area contributed by atoms with Crippen LogP contribution in [0.3, 0.4) is 0 Å². The van der Waals surface area contributed by atoms with E-state index in [0.29, 0.717) is 6.04 Å². The highest BCUT2D eigenvalue weighted by molar-refractivity contribution is 8.00. The summed E-state index contributed by atoms with van der Waals surface area (Å²) in [5, 5.41) is 1.12. The fourth-order valence-electron chi connectivity index (χ4n) is 3.17. The van der Waals surface area contributed by atoms with Crippen LogP contribution in [0.15, 0.2) is 53.7 Å². The van der Waals surface area contributed by atoms with Crippen LogP contribution in [0.1, 0.15) is 50.8 Å². The van der Waals surface area contributed by atoms with Gasteiger partial charge in [-0.15, -0.1) is 11.8 Å². The van der Waals surface area contributed by atoms with Gasteiger partial charge in [-0.25, -0.2) is 4.98 Å². The van der Waals surface area contributed by atoms with Crippen molar-refractivity contribution < 1.29 is 0 Å². The molecule has 0 bridgehead atoms. The number of rotatable bonds is 4. The summed E-state index contributed by atoms with van der Waals surface area (Å²) in [6.07, 6.45) is 4.60. The molecule has 1 fully saturated rings. The largest absolute Gasteiger partial charge is 0.292 e. The van der Waals surface area contributed by atoms with Crippen LogP contribution in [0.4, 0.5) is 0 Å². The van der Waals surface area contributed by atoms with Crippen molar-refractivity contribution in [3.05, 3.63) is 59.8 Å². The van der Waals surface area contributed by atoms with Crippen LogP contribution < -0.4 is 0 Å². The fourth-order valence-corrected chi connectivity index (χ4v) is 4.04. The third-order valence-corrected chi connectivity index (χ3v) is 5.21. The molecule has 23 heavy (non-hydrogen) atoms. The normalized spacial score (nSPS) is 19.2. The zero-order valence-corrected chi connectivity index (χ0v) is 15.1. The first-order valence-corrected chi connectivity index (χ1v) is 9.26. The Kier molecular flexibility index (Phi) is 5.08. The molecule has 3 heteroatoms. The fraction of sp³-hybridized carbons (Fsp3) is 0.450. The molecule has 0 amide bonds. The molecule has 0 N–H and O–H groups in total. The second-order valence-electron chi connectivity index (χ2n) is 7.26. The number of benzene rings is 1. The smallest absolute Gasteiger partial charge is 0.0965 e. The summed E-state index contributed by atoms with van der Waals surface area (Å²) in [6.45, 7) is 8.89. The molecule has 1 aromatic carbocycles. The van der Waals surface area contributed by atoms with Gasteiger partial charge in [0.1, 0.15) is 0 Å². The monoisotopic (exact) mass is 326 g/mol. The van der Waals surface area contributed by atoms with E-state index < -0.39 is 0 Å². The molecule has 0 unspecified atom stereocenters. The van der Waals surface area contributed by atoms with Crippen molar-refractivity contribution in [2.24, 2.45) is 0 Å². The Morgan fingerprint density at radius 2 is 1.91 bits per heavy atom. The number of pyridine rings is 1. The lowest BCUT2D eigenvalue weighted by atomic mass is 10.1. The maximum Gasteiger partial charge on any atom is 0.0965 e. The van der Waals surface area contributed by atoms with Gasteiger partial charge in [-0.1, -0.05) is 57.2 Å². The Labute approximate surface area is 144 Å². The minimum Gasteiger partial charge on any atom is -0.292 e. The van der Waals surface area contributed by atoms with Crippen LogP contribution in [-0.4, -0.2) is 21.2 Å². The van der Waals surface area contributed by atoms with Gasteiger partial charge in [-0.2, -0.15) is 0 Å². The zero-order chi connectivity index (χ0) is 16.3. The molecule has 1 aliphatic rings. The lowest BCUT2D eigenvalue weighted by Crippen LogP contribution is -2.22. The van der Waals surface area contributed by atoms with Crippen LogP contribution in [-0.2, 0) is 6.54 Å². The number of hydrogen-bond donors (Lipinski definition) is 0. The summed E-state index contributed by atoms with van der Waals surface area (Å²) in [4.78, 5) is 7.27. The maximum absolute atomic E-state index is 4.69. The number of hydrogen-bond acceptors (Lipinski definition) is 3. The average Bonchev–Trinajstić information content (AvgIpc) is 2.96. The van der Waals surface area contributed by atoms with Crippen molar-refractivity contribution >= 4 is 11.8 Å². The highest BCUT2D eigenvalue weighted by atomic mass is 32.2. The van der Waals surface area contributed by atoms with E-state index in [4.69, 9.17) is 0 Å². The Hall–Kier alpha value is -1.32. The van der Waals surface area contributed by atoms with Crippen LogP contribution >= 0.6 is 11.8 Å². The third kappa shape index (κ3) is 4.58. The Morgan fingerprint density at radius 1 is 1.13 bits per heavy atom. The Balaban J connectivity index is 1.70. The van der Waals surface area contributed by atoms with Crippen LogP contribution in [0.2, 0.25) is 0 Å². The van der Waals surface area contributed by atoms with E-state index in [0.717, 1.165) is 11.6 Å². The van der Waals surface area contributed by atoms with Crippen molar-refractivity contribution in [1.82, 2.24) is 9.88 Å². The van der Waals surface area contributed by atoms with Crippen molar-refractivity contribution in [2.45, 2.75) is 56.0 Å². The summed E-state index contributed by atoms with van der Waals surface area (Å²) in [7, 11) is 0. The quantitative estimate of drug-likeness (QED) is 0.708. The first kappa shape index (κ1) is 16.5. The first-order valence-electron chi connectivity index (χ1n) is 8.44. The van der Waals surface area contributed by atoms with Crippen LogP contribution in [0.25, 0.3) is 0 Å². The second-order valence-corrected chi connectivity index (χ2v) is 9.11.